The molecule has 0 radical (unpaired) electrons. The van der Waals surface area contributed by atoms with Gasteiger partial charge in [0.25, 0.3) is 0 Å². The molecule has 4 heterocycles. The lowest BCUT2D eigenvalue weighted by atomic mass is 10.0. The molecule has 3 aromatic rings. The molecule has 0 bridgehead atoms. The third kappa shape index (κ3) is 3.73. The number of piperazine rings is 1. The van der Waals surface area contributed by atoms with Crippen molar-refractivity contribution in [1.82, 2.24) is 15.1 Å². The standard InChI is InChI=1S/C25H27F2N5O2/c1-16(19-3-2-4-21-24(19)34-15-25(21,26)27)29-23-12-28-30-22-6-5-17(11-20(22)23)32-8-7-31-9-10-33-14-18(31)13-32/h2-6,11-12,16,18H,7-10,13-15H2,1H3,(H,29,30)/t16-,18+/m1/s1. The minimum absolute atomic E-state index is 0.0514. The van der Waals surface area contributed by atoms with Gasteiger partial charge in [0.05, 0.1) is 48.3 Å². The average molecular weight is 468 g/mol. The zero-order chi connectivity index (χ0) is 23.3. The first kappa shape index (κ1) is 21.5. The monoisotopic (exact) mass is 467 g/mol. The van der Waals surface area contributed by atoms with Gasteiger partial charge in [-0.2, -0.15) is 19.0 Å². The molecule has 1 N–H and O–H groups in total. The lowest BCUT2D eigenvalue weighted by Gasteiger charge is -2.44. The average Bonchev–Trinajstić information content (AvgIpc) is 3.18. The Hall–Kier alpha value is -3.04. The topological polar surface area (TPSA) is 62.8 Å². The van der Waals surface area contributed by atoms with Gasteiger partial charge in [-0.3, -0.25) is 4.90 Å². The summed E-state index contributed by atoms with van der Waals surface area (Å²) >= 11 is 0. The van der Waals surface area contributed by atoms with E-state index in [1.54, 1.807) is 12.3 Å². The second-order valence-corrected chi connectivity index (χ2v) is 9.25. The molecule has 2 atom stereocenters. The van der Waals surface area contributed by atoms with Crippen LogP contribution in [0.25, 0.3) is 10.9 Å². The fourth-order valence-corrected chi connectivity index (χ4v) is 5.23. The summed E-state index contributed by atoms with van der Waals surface area (Å²) in [6, 6.07) is 11.3. The van der Waals surface area contributed by atoms with E-state index >= 15 is 0 Å². The highest BCUT2D eigenvalue weighted by Crippen LogP contribution is 2.45. The van der Waals surface area contributed by atoms with Crippen molar-refractivity contribution in [2.24, 2.45) is 0 Å². The van der Waals surface area contributed by atoms with E-state index in [-0.39, 0.29) is 17.4 Å². The Morgan fingerprint density at radius 2 is 2.09 bits per heavy atom. The SMILES string of the molecule is C[C@@H](Nc1cnnc2ccc(N3CCN4CCOC[C@@H]4C3)cc12)c1cccc2c1OCC2(F)F. The molecule has 0 amide bonds. The number of rotatable bonds is 4. The second kappa shape index (κ2) is 8.32. The molecule has 1 aromatic heterocycles. The van der Waals surface area contributed by atoms with Gasteiger partial charge < -0.3 is 19.7 Å². The molecule has 7 nitrogen and oxygen atoms in total. The predicted molar refractivity (Wildman–Crippen MR) is 126 cm³/mol. The van der Waals surface area contributed by atoms with Gasteiger partial charge in [-0.1, -0.05) is 12.1 Å². The quantitative estimate of drug-likeness (QED) is 0.626. The summed E-state index contributed by atoms with van der Waals surface area (Å²) in [5.41, 5.74) is 3.36. The first-order valence-electron chi connectivity index (χ1n) is 11.7. The maximum atomic E-state index is 14.2. The van der Waals surface area contributed by atoms with Gasteiger partial charge >= 0.3 is 5.92 Å². The minimum atomic E-state index is -2.96. The zero-order valence-corrected chi connectivity index (χ0v) is 19.0. The van der Waals surface area contributed by atoms with Crippen LogP contribution in [-0.4, -0.2) is 67.1 Å². The number of morpholine rings is 1. The number of nitrogens with zero attached hydrogens (tertiary/aromatic N) is 4. The number of halogens is 2. The fraction of sp³-hybridized carbons (Fsp3) is 0.440. The molecule has 2 saturated heterocycles. The van der Waals surface area contributed by atoms with Crippen molar-refractivity contribution in [2.75, 3.05) is 56.2 Å². The van der Waals surface area contributed by atoms with Crippen LogP contribution in [0.15, 0.2) is 42.6 Å². The molecule has 34 heavy (non-hydrogen) atoms. The number of aromatic nitrogens is 2. The van der Waals surface area contributed by atoms with Gasteiger partial charge in [-0.05, 0) is 31.2 Å². The zero-order valence-electron chi connectivity index (χ0n) is 19.0. The summed E-state index contributed by atoms with van der Waals surface area (Å²) in [4.78, 5) is 4.90. The summed E-state index contributed by atoms with van der Waals surface area (Å²) in [5, 5.41) is 12.8. The first-order valence-corrected chi connectivity index (χ1v) is 11.7. The van der Waals surface area contributed by atoms with Crippen molar-refractivity contribution < 1.29 is 18.3 Å². The van der Waals surface area contributed by atoms with Crippen LogP contribution >= 0.6 is 0 Å². The molecule has 0 saturated carbocycles. The molecule has 9 heteroatoms. The normalized spacial score (nSPS) is 22.7. The van der Waals surface area contributed by atoms with E-state index in [1.807, 2.05) is 19.1 Å². The molecule has 6 rings (SSSR count). The van der Waals surface area contributed by atoms with Crippen LogP contribution in [-0.2, 0) is 10.7 Å². The number of alkyl halides is 2. The number of para-hydroxylation sites is 1. The van der Waals surface area contributed by atoms with Gasteiger partial charge in [-0.15, -0.1) is 0 Å². The van der Waals surface area contributed by atoms with Crippen LogP contribution in [0.5, 0.6) is 5.75 Å². The Bertz CT molecular complexity index is 1220. The summed E-state index contributed by atoms with van der Waals surface area (Å²) < 4.78 is 39.4. The third-order valence-corrected chi connectivity index (χ3v) is 7.10. The van der Waals surface area contributed by atoms with Crippen LogP contribution in [0.1, 0.15) is 24.1 Å². The third-order valence-electron chi connectivity index (χ3n) is 7.10. The number of fused-ring (bicyclic) bond motifs is 3. The summed E-state index contributed by atoms with van der Waals surface area (Å²) in [6.45, 7) is 6.80. The Labute approximate surface area is 196 Å². The van der Waals surface area contributed by atoms with Gasteiger partial charge in [0.15, 0.2) is 6.61 Å². The number of nitrogens with one attached hydrogen (secondary N) is 1. The van der Waals surface area contributed by atoms with Crippen molar-refractivity contribution in [3.05, 3.63) is 53.7 Å². The first-order chi connectivity index (χ1) is 16.5. The van der Waals surface area contributed by atoms with Gasteiger partial charge in [0.2, 0.25) is 0 Å². The Morgan fingerprint density at radius 3 is 3.00 bits per heavy atom. The molecule has 0 unspecified atom stereocenters. The van der Waals surface area contributed by atoms with Crippen LogP contribution in [0.2, 0.25) is 0 Å². The van der Waals surface area contributed by atoms with Crippen molar-refractivity contribution >= 4 is 22.3 Å². The maximum absolute atomic E-state index is 14.2. The molecule has 2 aromatic carbocycles. The van der Waals surface area contributed by atoms with E-state index < -0.39 is 12.5 Å². The van der Waals surface area contributed by atoms with Crippen LogP contribution < -0.4 is 15.0 Å². The van der Waals surface area contributed by atoms with Crippen LogP contribution in [0.3, 0.4) is 0 Å². The molecule has 2 fully saturated rings. The number of anilines is 2. The molecule has 0 spiro atoms. The van der Waals surface area contributed by atoms with Gasteiger partial charge in [0, 0.05) is 42.8 Å². The molecule has 0 aliphatic carbocycles. The van der Waals surface area contributed by atoms with E-state index in [9.17, 15) is 8.78 Å². The van der Waals surface area contributed by atoms with E-state index in [2.05, 4.69) is 37.4 Å². The fourth-order valence-electron chi connectivity index (χ4n) is 5.23. The molecule has 178 valence electrons. The van der Waals surface area contributed by atoms with E-state index in [4.69, 9.17) is 9.47 Å². The number of benzene rings is 2. The summed E-state index contributed by atoms with van der Waals surface area (Å²) in [6.07, 6.45) is 1.69. The van der Waals surface area contributed by atoms with E-state index in [1.165, 1.54) is 6.07 Å². The number of ether oxygens (including phenoxy) is 2. The Balaban J connectivity index is 1.28. The molecular weight excluding hydrogens is 440 g/mol. The lowest BCUT2D eigenvalue weighted by Crippen LogP contribution is -2.58. The Morgan fingerprint density at radius 1 is 1.18 bits per heavy atom. The molecule has 3 aliphatic heterocycles. The highest BCUT2D eigenvalue weighted by molar-refractivity contribution is 5.93. The van der Waals surface area contributed by atoms with Gasteiger partial charge in [-0.25, -0.2) is 0 Å². The second-order valence-electron chi connectivity index (χ2n) is 9.25. The highest BCUT2D eigenvalue weighted by Gasteiger charge is 2.42. The van der Waals surface area contributed by atoms with Gasteiger partial charge in [0.1, 0.15) is 5.75 Å². The minimum Gasteiger partial charge on any atom is -0.486 e. The molecule has 3 aliphatic rings. The van der Waals surface area contributed by atoms with Crippen LogP contribution in [0.4, 0.5) is 20.2 Å². The van der Waals surface area contributed by atoms with Crippen molar-refractivity contribution in [3.63, 3.8) is 0 Å². The smallest absolute Gasteiger partial charge is 0.310 e. The summed E-state index contributed by atoms with van der Waals surface area (Å²) in [5.74, 6) is -2.69. The van der Waals surface area contributed by atoms with E-state index in [0.29, 0.717) is 11.6 Å². The van der Waals surface area contributed by atoms with Crippen molar-refractivity contribution in [1.29, 1.82) is 0 Å². The van der Waals surface area contributed by atoms with Crippen LogP contribution in [0, 0.1) is 0 Å². The maximum Gasteiger partial charge on any atom is 0.310 e. The highest BCUT2D eigenvalue weighted by atomic mass is 19.3. The largest absolute Gasteiger partial charge is 0.486 e. The van der Waals surface area contributed by atoms with Crippen molar-refractivity contribution in [2.45, 2.75) is 24.9 Å². The number of hydrogen-bond acceptors (Lipinski definition) is 7. The Kier molecular flexibility index (Phi) is 5.26. The molecular formula is C25H27F2N5O2. The van der Waals surface area contributed by atoms with Crippen molar-refractivity contribution in [3.8, 4) is 5.75 Å². The van der Waals surface area contributed by atoms with E-state index in [0.717, 1.165) is 61.7 Å². The number of hydrogen-bond donors (Lipinski definition) is 1. The summed E-state index contributed by atoms with van der Waals surface area (Å²) in [7, 11) is 0. The lowest BCUT2D eigenvalue weighted by molar-refractivity contribution is -0.0214. The predicted octanol–water partition coefficient (Wildman–Crippen LogP) is 3.81.